The maximum atomic E-state index is 5.49. The number of rotatable bonds is 14. The number of hydrogen-bond donors (Lipinski definition) is 0. The molecule has 0 aliphatic rings. The molecule has 2 unspecified atom stereocenters. The molecule has 0 aromatic rings. The standard InChI is InChI=1S/C17H35O2.HI.Mg/c1-5-7-8-12-18-15-19-13-9-11-17(4)14-16(3)10-6-2;;/h6,16-17H,5,7-15H2,1-4H3;1H;/q-1;;+2/p-1. The first kappa shape index (κ1) is 27.3. The third-order valence-electron chi connectivity index (χ3n) is 3.49. The van der Waals surface area contributed by atoms with E-state index in [4.69, 9.17) is 9.47 Å². The van der Waals surface area contributed by atoms with Crippen LogP contribution in [0.2, 0.25) is 0 Å². The van der Waals surface area contributed by atoms with Crippen LogP contribution in [0.5, 0.6) is 0 Å². The molecule has 0 heterocycles. The maximum Gasteiger partial charge on any atom is 2.00 e. The van der Waals surface area contributed by atoms with Gasteiger partial charge in [0.15, 0.2) is 0 Å². The fraction of sp³-hybridized carbons (Fsp3) is 0.941. The quantitative estimate of drug-likeness (QED) is 0.140. The van der Waals surface area contributed by atoms with Gasteiger partial charge < -0.3 is 39.9 Å². The molecule has 0 aliphatic heterocycles. The van der Waals surface area contributed by atoms with Gasteiger partial charge in [-0.2, -0.15) is 13.3 Å². The molecule has 2 atom stereocenters. The minimum absolute atomic E-state index is 0. The van der Waals surface area contributed by atoms with Crippen LogP contribution in [0.3, 0.4) is 0 Å². The van der Waals surface area contributed by atoms with Crippen molar-refractivity contribution in [3.05, 3.63) is 6.42 Å². The fourth-order valence-corrected chi connectivity index (χ4v) is 2.47. The third kappa shape index (κ3) is 21.4. The van der Waals surface area contributed by atoms with Crippen molar-refractivity contribution in [3.63, 3.8) is 0 Å². The largest absolute Gasteiger partial charge is 2.00 e. The van der Waals surface area contributed by atoms with Crippen molar-refractivity contribution in [1.82, 2.24) is 0 Å². The monoisotopic (exact) mass is 422 g/mol. The summed E-state index contributed by atoms with van der Waals surface area (Å²) in [5, 5.41) is 0. The number of unbranched alkanes of at least 4 members (excludes halogenated alkanes) is 2. The number of ether oxygens (including phenoxy) is 2. The molecule has 0 aromatic carbocycles. The molecule has 0 aromatic heterocycles. The minimum atomic E-state index is 0. The molecular formula is C17H35IMgO2. The van der Waals surface area contributed by atoms with E-state index in [2.05, 4.69) is 34.1 Å². The fourth-order valence-electron chi connectivity index (χ4n) is 2.47. The summed E-state index contributed by atoms with van der Waals surface area (Å²) in [5.74, 6) is 1.63. The summed E-state index contributed by atoms with van der Waals surface area (Å²) >= 11 is 0. The van der Waals surface area contributed by atoms with E-state index < -0.39 is 0 Å². The van der Waals surface area contributed by atoms with Crippen molar-refractivity contribution in [3.8, 4) is 0 Å². The zero-order valence-corrected chi connectivity index (χ0v) is 18.3. The summed E-state index contributed by atoms with van der Waals surface area (Å²) in [5.41, 5.74) is 0. The van der Waals surface area contributed by atoms with E-state index >= 15 is 0 Å². The van der Waals surface area contributed by atoms with Gasteiger partial charge in [-0.1, -0.05) is 46.0 Å². The van der Waals surface area contributed by atoms with Gasteiger partial charge in [-0.25, -0.2) is 0 Å². The van der Waals surface area contributed by atoms with Gasteiger partial charge in [0.25, 0.3) is 0 Å². The van der Waals surface area contributed by atoms with E-state index in [0.29, 0.717) is 6.79 Å². The van der Waals surface area contributed by atoms with E-state index in [9.17, 15) is 0 Å². The van der Waals surface area contributed by atoms with Crippen molar-refractivity contribution >= 4 is 23.1 Å². The average molecular weight is 423 g/mol. The predicted molar refractivity (Wildman–Crippen MR) is 88.8 cm³/mol. The van der Waals surface area contributed by atoms with E-state index in [-0.39, 0.29) is 47.0 Å². The van der Waals surface area contributed by atoms with Crippen LogP contribution in [-0.2, 0) is 9.47 Å². The minimum Gasteiger partial charge on any atom is -1.00 e. The second-order valence-corrected chi connectivity index (χ2v) is 5.87. The molecule has 0 spiro atoms. The Labute approximate surface area is 166 Å². The molecule has 0 saturated carbocycles. The molecule has 0 aliphatic carbocycles. The van der Waals surface area contributed by atoms with Crippen LogP contribution in [0.25, 0.3) is 0 Å². The Morgan fingerprint density at radius 3 is 2.14 bits per heavy atom. The third-order valence-corrected chi connectivity index (χ3v) is 3.49. The number of hydrogen-bond acceptors (Lipinski definition) is 2. The molecule has 21 heavy (non-hydrogen) atoms. The molecule has 0 bridgehead atoms. The Bertz CT molecular complexity index is 182. The van der Waals surface area contributed by atoms with E-state index in [1.807, 2.05) is 0 Å². The molecule has 0 fully saturated rings. The van der Waals surface area contributed by atoms with Crippen LogP contribution in [0, 0.1) is 18.3 Å². The zero-order valence-electron chi connectivity index (χ0n) is 14.7. The Morgan fingerprint density at radius 2 is 1.57 bits per heavy atom. The van der Waals surface area contributed by atoms with Crippen molar-refractivity contribution in [2.45, 2.75) is 72.6 Å². The summed E-state index contributed by atoms with van der Waals surface area (Å²) in [6.45, 7) is 11.2. The molecule has 0 saturated heterocycles. The van der Waals surface area contributed by atoms with Crippen molar-refractivity contribution in [2.24, 2.45) is 11.8 Å². The summed E-state index contributed by atoms with van der Waals surface area (Å²) in [7, 11) is 0. The van der Waals surface area contributed by atoms with E-state index in [1.54, 1.807) is 0 Å². The molecule has 0 amide bonds. The molecule has 2 nitrogen and oxygen atoms in total. The van der Waals surface area contributed by atoms with Gasteiger partial charge in [-0.05, 0) is 25.2 Å². The van der Waals surface area contributed by atoms with E-state index in [0.717, 1.165) is 37.9 Å². The van der Waals surface area contributed by atoms with Crippen LogP contribution in [0.15, 0.2) is 0 Å². The van der Waals surface area contributed by atoms with Gasteiger partial charge in [0, 0.05) is 13.2 Å². The van der Waals surface area contributed by atoms with Gasteiger partial charge in [0.1, 0.15) is 6.79 Å². The van der Waals surface area contributed by atoms with Gasteiger partial charge >= 0.3 is 23.1 Å². The molecule has 0 radical (unpaired) electrons. The van der Waals surface area contributed by atoms with E-state index in [1.165, 1.54) is 32.1 Å². The maximum absolute atomic E-state index is 5.49. The van der Waals surface area contributed by atoms with Crippen LogP contribution < -0.4 is 24.0 Å². The first-order valence-corrected chi connectivity index (χ1v) is 8.14. The first-order valence-electron chi connectivity index (χ1n) is 8.14. The van der Waals surface area contributed by atoms with Gasteiger partial charge in [-0.3, -0.25) is 0 Å². The van der Waals surface area contributed by atoms with Crippen LogP contribution in [0.1, 0.15) is 72.6 Å². The van der Waals surface area contributed by atoms with Crippen LogP contribution in [-0.4, -0.2) is 43.1 Å². The summed E-state index contributed by atoms with van der Waals surface area (Å²) in [6, 6.07) is 0. The van der Waals surface area contributed by atoms with Crippen molar-refractivity contribution in [1.29, 1.82) is 0 Å². The second kappa shape index (κ2) is 21.4. The Morgan fingerprint density at radius 1 is 0.952 bits per heavy atom. The van der Waals surface area contributed by atoms with Gasteiger partial charge in [0.05, 0.1) is 0 Å². The Balaban J connectivity index is -0.00000162. The summed E-state index contributed by atoms with van der Waals surface area (Å²) in [6.07, 6.45) is 10.9. The first-order chi connectivity index (χ1) is 9.20. The van der Waals surface area contributed by atoms with Gasteiger partial charge in [-0.15, -0.1) is 0 Å². The van der Waals surface area contributed by atoms with Crippen molar-refractivity contribution in [2.75, 3.05) is 20.0 Å². The Kier molecular flexibility index (Phi) is 27.8. The average Bonchev–Trinajstić information content (AvgIpc) is 2.37. The molecular weight excluding hydrogens is 387 g/mol. The predicted octanol–water partition coefficient (Wildman–Crippen LogP) is 1.85. The van der Waals surface area contributed by atoms with Gasteiger partial charge in [0.2, 0.25) is 0 Å². The molecule has 0 rings (SSSR count). The molecule has 124 valence electrons. The SMILES string of the molecule is C[CH-]CC(C)CC(C)CCCOCOCCCCC.[I-].[Mg+2]. The molecule has 0 N–H and O–H groups in total. The number of halogens is 1. The molecule has 4 heteroatoms. The zero-order chi connectivity index (χ0) is 14.3. The van der Waals surface area contributed by atoms with Crippen LogP contribution >= 0.6 is 0 Å². The summed E-state index contributed by atoms with van der Waals surface area (Å²) in [4.78, 5) is 0. The topological polar surface area (TPSA) is 18.5 Å². The Hall–Kier alpha value is 1.42. The smallest absolute Gasteiger partial charge is 1.00 e. The van der Waals surface area contributed by atoms with Crippen molar-refractivity contribution < 1.29 is 33.5 Å². The normalized spacial score (nSPS) is 13.1. The van der Waals surface area contributed by atoms with Crippen LogP contribution in [0.4, 0.5) is 0 Å². The summed E-state index contributed by atoms with van der Waals surface area (Å²) < 4.78 is 10.9. The second-order valence-electron chi connectivity index (χ2n) is 5.87.